The number of H-pyrrole nitrogens is 1. The summed E-state index contributed by atoms with van der Waals surface area (Å²) >= 11 is 0. The molecular weight excluding hydrogens is 408 g/mol. The number of Topliss-reactive ketones (excluding diaryl/α,β-unsaturated/α-hetero) is 1. The van der Waals surface area contributed by atoms with Crippen molar-refractivity contribution in [1.82, 2.24) is 15.0 Å². The minimum absolute atomic E-state index is 0. The number of nitrogens with one attached hydrogen (secondary N) is 1. The molecule has 1 aliphatic heterocycles. The second kappa shape index (κ2) is 6.69. The largest absolute Gasteiger partial charge is 0.586 e. The van der Waals surface area contributed by atoms with Crippen molar-refractivity contribution in [3.8, 4) is 22.8 Å². The Bertz CT molecular complexity index is 1250. The second-order valence-electron chi connectivity index (χ2n) is 7.79. The van der Waals surface area contributed by atoms with Crippen molar-refractivity contribution in [1.29, 1.82) is 0 Å². The molecule has 7 nitrogen and oxygen atoms in total. The number of aryl methyl sites for hydroxylation is 1. The number of halogens is 2. The van der Waals surface area contributed by atoms with Gasteiger partial charge in [-0.3, -0.25) is 9.78 Å². The van der Waals surface area contributed by atoms with Gasteiger partial charge in [-0.05, 0) is 49.1 Å². The highest BCUT2D eigenvalue weighted by atomic mass is 19.3. The second-order valence-corrected chi connectivity index (χ2v) is 7.79. The quantitative estimate of drug-likeness (QED) is 0.669. The Morgan fingerprint density at radius 1 is 1.19 bits per heavy atom. The molecule has 1 N–H and O–H groups in total. The van der Waals surface area contributed by atoms with Crippen molar-refractivity contribution in [2.24, 2.45) is 0 Å². The number of aromatic nitrogens is 3. The molecule has 1 saturated carbocycles. The topological polar surface area (TPSA) is 94.2 Å². The molecule has 0 spiro atoms. The fourth-order valence-electron chi connectivity index (χ4n) is 3.87. The lowest BCUT2D eigenvalue weighted by Crippen LogP contribution is -2.26. The van der Waals surface area contributed by atoms with Crippen LogP contribution >= 0.6 is 0 Å². The summed E-state index contributed by atoms with van der Waals surface area (Å²) in [6, 6.07) is 8.14. The number of benzene rings is 1. The Morgan fingerprint density at radius 2 is 1.97 bits per heavy atom. The number of pyridine rings is 1. The third-order valence-corrected chi connectivity index (χ3v) is 5.68. The molecule has 31 heavy (non-hydrogen) atoms. The lowest BCUT2D eigenvalue weighted by atomic mass is 9.88. The van der Waals surface area contributed by atoms with E-state index >= 15 is 0 Å². The minimum Gasteiger partial charge on any atom is -0.395 e. The molecule has 2 aliphatic rings. The summed E-state index contributed by atoms with van der Waals surface area (Å²) in [5.41, 5.74) is 2.18. The van der Waals surface area contributed by atoms with E-state index in [-0.39, 0.29) is 25.1 Å². The standard InChI is InChI=1S/C22H17F2N3O4.H2/c1-12-2-4-15(27-19(12)13-10-25-20(29)26-11-13)9-18(28)21(6-7-21)14-3-5-16-17(8-14)31-22(23,24)30-16;/h2-5,8,10-11H,6-7,9H2,1H3,(H,25,26,29);1H. The fourth-order valence-corrected chi connectivity index (χ4v) is 3.87. The highest BCUT2D eigenvalue weighted by Gasteiger charge is 2.52. The van der Waals surface area contributed by atoms with E-state index in [1.54, 1.807) is 12.1 Å². The number of hydrogen-bond acceptors (Lipinski definition) is 6. The van der Waals surface area contributed by atoms with Crippen LogP contribution < -0.4 is 15.2 Å². The van der Waals surface area contributed by atoms with Gasteiger partial charge in [-0.25, -0.2) is 9.78 Å². The van der Waals surface area contributed by atoms with Gasteiger partial charge in [0.15, 0.2) is 11.5 Å². The predicted octanol–water partition coefficient (Wildman–Crippen LogP) is 3.55. The highest BCUT2D eigenvalue weighted by molar-refractivity contribution is 5.94. The highest BCUT2D eigenvalue weighted by Crippen LogP contribution is 2.52. The number of carbonyl (C=O) groups is 1. The van der Waals surface area contributed by atoms with Gasteiger partial charge in [-0.15, -0.1) is 8.78 Å². The maximum absolute atomic E-state index is 13.3. The van der Waals surface area contributed by atoms with Gasteiger partial charge in [0.1, 0.15) is 5.78 Å². The van der Waals surface area contributed by atoms with Gasteiger partial charge < -0.3 is 14.5 Å². The van der Waals surface area contributed by atoms with E-state index in [0.717, 1.165) is 5.56 Å². The lowest BCUT2D eigenvalue weighted by molar-refractivity contribution is -0.286. The SMILES string of the molecule is Cc1ccc(CC(=O)C2(c3ccc4c(c3)OC(F)(F)O4)CC2)nc1-c1cnc(=O)[nH]c1.[HH]. The maximum Gasteiger partial charge on any atom is 0.586 e. The van der Waals surface area contributed by atoms with E-state index < -0.39 is 17.4 Å². The van der Waals surface area contributed by atoms with Gasteiger partial charge in [0.25, 0.3) is 0 Å². The summed E-state index contributed by atoms with van der Waals surface area (Å²) in [4.78, 5) is 35.2. The molecule has 9 heteroatoms. The van der Waals surface area contributed by atoms with Crippen molar-refractivity contribution >= 4 is 5.78 Å². The van der Waals surface area contributed by atoms with E-state index in [4.69, 9.17) is 0 Å². The third-order valence-electron chi connectivity index (χ3n) is 5.68. The van der Waals surface area contributed by atoms with Gasteiger partial charge in [0, 0.05) is 31.5 Å². The molecule has 0 unspecified atom stereocenters. The molecule has 0 bridgehead atoms. The summed E-state index contributed by atoms with van der Waals surface area (Å²) in [6.07, 6.45) is 0.621. The lowest BCUT2D eigenvalue weighted by Gasteiger charge is -2.15. The van der Waals surface area contributed by atoms with Crippen LogP contribution in [-0.2, 0) is 16.6 Å². The molecule has 1 aromatic carbocycles. The molecule has 1 fully saturated rings. The first-order valence-corrected chi connectivity index (χ1v) is 9.71. The molecule has 3 aromatic rings. The molecule has 0 atom stereocenters. The molecule has 3 heterocycles. The number of carbonyl (C=O) groups excluding carboxylic acids is 1. The van der Waals surface area contributed by atoms with E-state index in [1.807, 2.05) is 13.0 Å². The zero-order valence-corrected chi connectivity index (χ0v) is 16.4. The third kappa shape index (κ3) is 3.45. The van der Waals surface area contributed by atoms with Crippen LogP contribution in [0.25, 0.3) is 11.3 Å². The molecule has 0 radical (unpaired) electrons. The number of nitrogens with zero attached hydrogens (tertiary/aromatic N) is 2. The van der Waals surface area contributed by atoms with Crippen molar-refractivity contribution in [3.05, 3.63) is 70.0 Å². The Balaban J connectivity index is 0.00000245. The first-order valence-electron chi connectivity index (χ1n) is 9.71. The summed E-state index contributed by atoms with van der Waals surface area (Å²) in [5, 5.41) is 0. The summed E-state index contributed by atoms with van der Waals surface area (Å²) in [5.74, 6) is -0.153. The van der Waals surface area contributed by atoms with E-state index in [9.17, 15) is 18.4 Å². The molecule has 2 aromatic heterocycles. The van der Waals surface area contributed by atoms with Gasteiger partial charge in [0.05, 0.1) is 11.1 Å². The molecule has 1 aliphatic carbocycles. The Hall–Kier alpha value is -3.62. The average molecular weight is 427 g/mol. The first-order chi connectivity index (χ1) is 14.8. The molecule has 0 saturated heterocycles. The van der Waals surface area contributed by atoms with E-state index in [2.05, 4.69) is 24.4 Å². The van der Waals surface area contributed by atoms with Crippen LogP contribution in [0.3, 0.4) is 0 Å². The smallest absolute Gasteiger partial charge is 0.395 e. The molecule has 0 amide bonds. The number of ether oxygens (including phenoxy) is 2. The van der Waals surface area contributed by atoms with Crippen molar-refractivity contribution < 1.29 is 24.5 Å². The summed E-state index contributed by atoms with van der Waals surface area (Å²) < 4.78 is 35.6. The van der Waals surface area contributed by atoms with Crippen LogP contribution in [0.1, 0.15) is 31.1 Å². The van der Waals surface area contributed by atoms with Crippen LogP contribution in [-0.4, -0.2) is 27.0 Å². The monoisotopic (exact) mass is 427 g/mol. The predicted molar refractivity (Wildman–Crippen MR) is 107 cm³/mol. The van der Waals surface area contributed by atoms with Crippen LogP contribution in [0.2, 0.25) is 0 Å². The Labute approximate surface area is 176 Å². The number of ketones is 1. The van der Waals surface area contributed by atoms with Crippen LogP contribution in [0.4, 0.5) is 8.78 Å². The summed E-state index contributed by atoms with van der Waals surface area (Å²) in [6.45, 7) is 1.88. The number of hydrogen-bond donors (Lipinski definition) is 1. The number of alkyl halides is 2. The average Bonchev–Trinajstić information content (AvgIpc) is 3.47. The Morgan fingerprint density at radius 3 is 2.68 bits per heavy atom. The van der Waals surface area contributed by atoms with Crippen molar-refractivity contribution in [3.63, 3.8) is 0 Å². The zero-order valence-electron chi connectivity index (χ0n) is 16.4. The van der Waals surface area contributed by atoms with Crippen LogP contribution in [0, 0.1) is 6.92 Å². The number of aromatic amines is 1. The van der Waals surface area contributed by atoms with E-state index in [0.29, 0.717) is 35.4 Å². The van der Waals surface area contributed by atoms with Crippen LogP contribution in [0.15, 0.2) is 47.5 Å². The molecular formula is C22H19F2N3O4. The normalized spacial score (nSPS) is 17.4. The number of fused-ring (bicyclic) bond motifs is 1. The Kier molecular flexibility index (Phi) is 4.18. The number of rotatable bonds is 5. The summed E-state index contributed by atoms with van der Waals surface area (Å²) in [7, 11) is 0. The molecule has 5 rings (SSSR count). The first kappa shape index (κ1) is 19.3. The molecule has 160 valence electrons. The van der Waals surface area contributed by atoms with Crippen LogP contribution in [0.5, 0.6) is 11.5 Å². The maximum atomic E-state index is 13.3. The van der Waals surface area contributed by atoms with Gasteiger partial charge in [-0.1, -0.05) is 12.1 Å². The van der Waals surface area contributed by atoms with Crippen molar-refractivity contribution in [2.75, 3.05) is 0 Å². The fraction of sp³-hybridized carbons (Fsp3) is 0.273. The van der Waals surface area contributed by atoms with Gasteiger partial charge in [0.2, 0.25) is 0 Å². The van der Waals surface area contributed by atoms with Gasteiger partial charge >= 0.3 is 12.0 Å². The van der Waals surface area contributed by atoms with Crippen molar-refractivity contribution in [2.45, 2.75) is 37.9 Å². The zero-order chi connectivity index (χ0) is 21.8. The van der Waals surface area contributed by atoms with E-state index in [1.165, 1.54) is 24.5 Å². The van der Waals surface area contributed by atoms with Gasteiger partial charge in [-0.2, -0.15) is 0 Å². The minimum atomic E-state index is -3.69.